The highest BCUT2D eigenvalue weighted by molar-refractivity contribution is 14.1. The van der Waals surface area contributed by atoms with Crippen molar-refractivity contribution in [2.24, 2.45) is 0 Å². The van der Waals surface area contributed by atoms with Crippen molar-refractivity contribution < 1.29 is 23.7 Å². The number of hydrogen-bond acceptors (Lipinski definition) is 5. The van der Waals surface area contributed by atoms with Gasteiger partial charge in [-0.05, 0) is 76.7 Å². The van der Waals surface area contributed by atoms with Crippen molar-refractivity contribution in [3.8, 4) is 34.1 Å². The molecule has 3 aromatic carbocycles. The highest BCUT2D eigenvalue weighted by Gasteiger charge is 2.27. The first-order chi connectivity index (χ1) is 18.9. The first-order valence-corrected chi connectivity index (χ1v) is 13.0. The van der Waals surface area contributed by atoms with Crippen molar-refractivity contribution in [1.29, 1.82) is 0 Å². The highest BCUT2D eigenvalue weighted by Crippen LogP contribution is 2.33. The maximum absolute atomic E-state index is 14.7. The molecule has 0 saturated heterocycles. The standard InChI is InChI=1S/C28H23F2IN4O4/c29-21-4-2-1-3-17(21)13-24(26-32-15-23(33-26)20-10-7-18(31)14-22(20)30)35-27(37)25(34-28(35)38)16-5-8-19(9-6-16)39-12-11-36/h1-10,14-15,24,36-37H,11-13H2,(H,32,33)(H,34,38)/t24-/m1/s1. The molecule has 0 saturated carbocycles. The van der Waals surface area contributed by atoms with Gasteiger partial charge in [0.1, 0.15) is 41.6 Å². The van der Waals surface area contributed by atoms with E-state index in [2.05, 4.69) is 15.0 Å². The number of aromatic amines is 2. The average Bonchev–Trinajstić information content (AvgIpc) is 3.52. The number of H-pyrrole nitrogens is 2. The molecule has 4 N–H and O–H groups in total. The predicted octanol–water partition coefficient (Wildman–Crippen LogP) is 5.03. The Kier molecular flexibility index (Phi) is 7.79. The number of benzene rings is 3. The summed E-state index contributed by atoms with van der Waals surface area (Å²) in [4.78, 5) is 23.3. The van der Waals surface area contributed by atoms with Gasteiger partial charge in [-0.15, -0.1) is 0 Å². The van der Waals surface area contributed by atoms with Gasteiger partial charge in [0.05, 0.1) is 18.5 Å². The van der Waals surface area contributed by atoms with Crippen LogP contribution >= 0.6 is 22.6 Å². The SMILES string of the molecule is O=c1[nH]c(-c2ccc(OCCO)cc2)c(O)n1[C@H](Cc1ccccc1F)c1ncc(-c2ccc(I)cc2F)[nH]1. The van der Waals surface area contributed by atoms with Gasteiger partial charge < -0.3 is 24.9 Å². The van der Waals surface area contributed by atoms with E-state index in [1.54, 1.807) is 54.6 Å². The maximum Gasteiger partial charge on any atom is 0.329 e. The smallest absolute Gasteiger partial charge is 0.329 e. The molecular formula is C28H23F2IN4O4. The number of rotatable bonds is 9. The lowest BCUT2D eigenvalue weighted by Gasteiger charge is -2.17. The molecule has 5 aromatic rings. The molecule has 1 atom stereocenters. The second-order valence-electron chi connectivity index (χ2n) is 8.71. The largest absolute Gasteiger partial charge is 0.493 e. The van der Waals surface area contributed by atoms with Gasteiger partial charge in [0, 0.05) is 21.1 Å². The Balaban J connectivity index is 1.57. The Labute approximate surface area is 235 Å². The van der Waals surface area contributed by atoms with Crippen LogP contribution in [0.2, 0.25) is 0 Å². The summed E-state index contributed by atoms with van der Waals surface area (Å²) < 4.78 is 36.5. The Morgan fingerprint density at radius 3 is 2.51 bits per heavy atom. The average molecular weight is 644 g/mol. The minimum atomic E-state index is -0.952. The third-order valence-corrected chi connectivity index (χ3v) is 6.89. The molecule has 11 heteroatoms. The number of hydrogen-bond donors (Lipinski definition) is 4. The summed E-state index contributed by atoms with van der Waals surface area (Å²) >= 11 is 2.01. The monoisotopic (exact) mass is 644 g/mol. The predicted molar refractivity (Wildman–Crippen MR) is 150 cm³/mol. The Hall–Kier alpha value is -3.97. The lowest BCUT2D eigenvalue weighted by molar-refractivity contribution is 0.201. The number of ether oxygens (including phenoxy) is 1. The molecule has 0 amide bonds. The van der Waals surface area contributed by atoms with Crippen molar-refractivity contribution >= 4 is 22.6 Å². The van der Waals surface area contributed by atoms with Crippen LogP contribution < -0.4 is 10.4 Å². The first-order valence-electron chi connectivity index (χ1n) is 12.0. The molecule has 0 aliphatic carbocycles. The molecule has 2 heterocycles. The van der Waals surface area contributed by atoms with Crippen LogP contribution in [0, 0.1) is 15.2 Å². The quantitative estimate of drug-likeness (QED) is 0.168. The van der Waals surface area contributed by atoms with Crippen LogP contribution in [0.25, 0.3) is 22.5 Å². The van der Waals surface area contributed by atoms with E-state index in [1.807, 2.05) is 22.6 Å². The summed E-state index contributed by atoms with van der Waals surface area (Å²) in [5.41, 5.74) is 0.990. The van der Waals surface area contributed by atoms with Crippen LogP contribution in [0.15, 0.2) is 77.7 Å². The number of aliphatic hydroxyl groups is 1. The van der Waals surface area contributed by atoms with E-state index in [-0.39, 0.29) is 42.6 Å². The minimum absolute atomic E-state index is 0.0203. The van der Waals surface area contributed by atoms with E-state index in [4.69, 9.17) is 9.84 Å². The molecule has 2 aromatic heterocycles. The number of imidazole rings is 2. The lowest BCUT2D eigenvalue weighted by atomic mass is 10.0. The molecule has 0 radical (unpaired) electrons. The third kappa shape index (κ3) is 5.59. The van der Waals surface area contributed by atoms with Gasteiger partial charge in [-0.1, -0.05) is 18.2 Å². The first kappa shape index (κ1) is 26.6. The summed E-state index contributed by atoms with van der Waals surface area (Å²) in [7, 11) is 0. The van der Waals surface area contributed by atoms with Gasteiger partial charge in [-0.25, -0.2) is 18.6 Å². The second-order valence-corrected chi connectivity index (χ2v) is 9.96. The zero-order chi connectivity index (χ0) is 27.5. The van der Waals surface area contributed by atoms with Crippen LogP contribution in [-0.4, -0.2) is 42.9 Å². The normalized spacial score (nSPS) is 12.0. The van der Waals surface area contributed by atoms with Gasteiger partial charge in [-0.2, -0.15) is 0 Å². The molecule has 0 unspecified atom stereocenters. The number of nitrogens with zero attached hydrogens (tertiary/aromatic N) is 2. The van der Waals surface area contributed by atoms with E-state index in [9.17, 15) is 18.7 Å². The Bertz CT molecular complexity index is 1660. The molecule has 39 heavy (non-hydrogen) atoms. The summed E-state index contributed by atoms with van der Waals surface area (Å²) in [6, 6.07) is 16.5. The van der Waals surface area contributed by atoms with Crippen LogP contribution in [0.1, 0.15) is 17.4 Å². The van der Waals surface area contributed by atoms with Gasteiger partial charge in [0.2, 0.25) is 5.88 Å². The molecule has 0 fully saturated rings. The molecule has 0 aliphatic heterocycles. The molecule has 0 aliphatic rings. The Morgan fingerprint density at radius 2 is 1.79 bits per heavy atom. The molecule has 8 nitrogen and oxygen atoms in total. The second kappa shape index (κ2) is 11.4. The summed E-state index contributed by atoms with van der Waals surface area (Å²) in [6.07, 6.45) is 1.42. The number of halogens is 3. The van der Waals surface area contributed by atoms with Crippen molar-refractivity contribution in [2.75, 3.05) is 13.2 Å². The Morgan fingerprint density at radius 1 is 1.03 bits per heavy atom. The number of nitrogens with one attached hydrogen (secondary N) is 2. The van der Waals surface area contributed by atoms with E-state index in [1.165, 1.54) is 18.3 Å². The molecular weight excluding hydrogens is 621 g/mol. The van der Waals surface area contributed by atoms with E-state index < -0.39 is 23.4 Å². The molecule has 0 spiro atoms. The van der Waals surface area contributed by atoms with Crippen molar-refractivity contribution in [2.45, 2.75) is 12.5 Å². The van der Waals surface area contributed by atoms with Gasteiger partial charge >= 0.3 is 5.69 Å². The number of aromatic nitrogens is 4. The van der Waals surface area contributed by atoms with Gasteiger partial charge in [0.15, 0.2) is 0 Å². The molecule has 0 bridgehead atoms. The zero-order valence-electron chi connectivity index (χ0n) is 20.4. The fraction of sp³-hybridized carbons (Fsp3) is 0.143. The van der Waals surface area contributed by atoms with Gasteiger partial charge in [-0.3, -0.25) is 4.57 Å². The lowest BCUT2D eigenvalue weighted by Crippen LogP contribution is -2.25. The van der Waals surface area contributed by atoms with Crippen LogP contribution in [0.4, 0.5) is 8.78 Å². The van der Waals surface area contributed by atoms with Crippen molar-refractivity contribution in [3.05, 3.63) is 110 Å². The fourth-order valence-corrected chi connectivity index (χ4v) is 4.80. The summed E-state index contributed by atoms with van der Waals surface area (Å²) in [5, 5.41) is 20.2. The summed E-state index contributed by atoms with van der Waals surface area (Å²) in [5.74, 6) is -0.541. The van der Waals surface area contributed by atoms with Crippen LogP contribution in [0.3, 0.4) is 0 Å². The highest BCUT2D eigenvalue weighted by atomic mass is 127. The van der Waals surface area contributed by atoms with E-state index in [0.717, 1.165) is 8.14 Å². The van der Waals surface area contributed by atoms with Crippen LogP contribution in [0.5, 0.6) is 11.6 Å². The van der Waals surface area contributed by atoms with Crippen molar-refractivity contribution in [1.82, 2.24) is 19.5 Å². The third-order valence-electron chi connectivity index (χ3n) is 6.22. The minimum Gasteiger partial charge on any atom is -0.493 e. The molecule has 5 rings (SSSR count). The van der Waals surface area contributed by atoms with Crippen molar-refractivity contribution in [3.63, 3.8) is 0 Å². The van der Waals surface area contributed by atoms with Crippen LogP contribution in [-0.2, 0) is 6.42 Å². The van der Waals surface area contributed by atoms with E-state index >= 15 is 0 Å². The fourth-order valence-electron chi connectivity index (χ4n) is 4.34. The topological polar surface area (TPSA) is 116 Å². The number of aliphatic hydroxyl groups excluding tert-OH is 1. The maximum atomic E-state index is 14.7. The summed E-state index contributed by atoms with van der Waals surface area (Å²) in [6.45, 7) is -0.000395. The zero-order valence-corrected chi connectivity index (χ0v) is 22.5. The van der Waals surface area contributed by atoms with Gasteiger partial charge in [0.25, 0.3) is 0 Å². The number of aromatic hydroxyl groups is 1. The van der Waals surface area contributed by atoms with E-state index in [0.29, 0.717) is 22.6 Å². The molecule has 200 valence electrons.